The van der Waals surface area contributed by atoms with Gasteiger partial charge in [-0.25, -0.2) is 0 Å². The van der Waals surface area contributed by atoms with Crippen LogP contribution in [-0.4, -0.2) is 24.7 Å². The van der Waals surface area contributed by atoms with Gasteiger partial charge in [0.2, 0.25) is 0 Å². The third-order valence-corrected chi connectivity index (χ3v) is 4.25. The Balaban J connectivity index is 1.73. The highest BCUT2D eigenvalue weighted by Crippen LogP contribution is 2.20. The van der Waals surface area contributed by atoms with Crippen molar-refractivity contribution in [3.63, 3.8) is 0 Å². The maximum atomic E-state index is 12.2. The average molecular weight is 370 g/mol. The standard InChI is InChI=1S/C23H31NO3/c1-16(2)26-21-12-10-20(11-13-21)7-6-14-24-23(25)19(5)27-22-15-17(3)8-9-18(22)4/h8-13,15-16,19H,6-7,14H2,1-5H3,(H,24,25)/t19-/m0/s1. The Morgan fingerprint density at radius 3 is 2.37 bits per heavy atom. The van der Waals surface area contributed by atoms with Crippen molar-refractivity contribution in [3.8, 4) is 11.5 Å². The van der Waals surface area contributed by atoms with E-state index in [9.17, 15) is 4.79 Å². The van der Waals surface area contributed by atoms with E-state index < -0.39 is 6.10 Å². The fourth-order valence-corrected chi connectivity index (χ4v) is 2.73. The maximum Gasteiger partial charge on any atom is 0.260 e. The molecule has 1 atom stereocenters. The second kappa shape index (κ2) is 10.0. The zero-order chi connectivity index (χ0) is 19.8. The molecular formula is C23H31NO3. The van der Waals surface area contributed by atoms with Crippen molar-refractivity contribution >= 4 is 5.91 Å². The molecule has 146 valence electrons. The van der Waals surface area contributed by atoms with Crippen LogP contribution in [0.2, 0.25) is 0 Å². The van der Waals surface area contributed by atoms with Gasteiger partial charge in [0.05, 0.1) is 6.10 Å². The van der Waals surface area contributed by atoms with E-state index in [2.05, 4.69) is 17.4 Å². The summed E-state index contributed by atoms with van der Waals surface area (Å²) in [5.41, 5.74) is 3.39. The quantitative estimate of drug-likeness (QED) is 0.657. The van der Waals surface area contributed by atoms with Crippen molar-refractivity contribution < 1.29 is 14.3 Å². The van der Waals surface area contributed by atoms with Gasteiger partial charge in [-0.3, -0.25) is 4.79 Å². The molecule has 0 unspecified atom stereocenters. The van der Waals surface area contributed by atoms with E-state index in [1.807, 2.05) is 58.0 Å². The monoisotopic (exact) mass is 369 g/mol. The van der Waals surface area contributed by atoms with Crippen LogP contribution in [0.3, 0.4) is 0 Å². The van der Waals surface area contributed by atoms with Crippen LogP contribution in [0.1, 0.15) is 43.9 Å². The molecule has 0 aliphatic rings. The smallest absolute Gasteiger partial charge is 0.260 e. The number of rotatable bonds is 9. The van der Waals surface area contributed by atoms with Crippen molar-refractivity contribution in [1.29, 1.82) is 0 Å². The molecule has 4 nitrogen and oxygen atoms in total. The molecule has 0 heterocycles. The SMILES string of the molecule is Cc1ccc(C)c(O[C@@H](C)C(=O)NCCCc2ccc(OC(C)C)cc2)c1. The first-order valence-corrected chi connectivity index (χ1v) is 9.62. The summed E-state index contributed by atoms with van der Waals surface area (Å²) in [6.45, 7) is 10.4. The van der Waals surface area contributed by atoms with Crippen LogP contribution in [0, 0.1) is 13.8 Å². The van der Waals surface area contributed by atoms with Gasteiger partial charge in [-0.1, -0.05) is 24.3 Å². The van der Waals surface area contributed by atoms with Crippen molar-refractivity contribution in [2.24, 2.45) is 0 Å². The normalized spacial score (nSPS) is 11.9. The van der Waals surface area contributed by atoms with Crippen molar-refractivity contribution in [2.75, 3.05) is 6.54 Å². The Kier molecular flexibility index (Phi) is 7.71. The van der Waals surface area contributed by atoms with E-state index in [4.69, 9.17) is 9.47 Å². The molecule has 0 saturated heterocycles. The summed E-state index contributed by atoms with van der Waals surface area (Å²) in [5.74, 6) is 1.57. The number of benzene rings is 2. The highest BCUT2D eigenvalue weighted by atomic mass is 16.5. The molecule has 0 aliphatic heterocycles. The summed E-state index contributed by atoms with van der Waals surface area (Å²) in [6.07, 6.45) is 1.46. The Hall–Kier alpha value is -2.49. The van der Waals surface area contributed by atoms with Crippen molar-refractivity contribution in [3.05, 3.63) is 59.2 Å². The molecule has 0 aromatic heterocycles. The van der Waals surface area contributed by atoms with E-state index in [1.165, 1.54) is 5.56 Å². The van der Waals surface area contributed by atoms with Gasteiger partial charge in [0.1, 0.15) is 11.5 Å². The summed E-state index contributed by atoms with van der Waals surface area (Å²) >= 11 is 0. The number of aryl methyl sites for hydroxylation is 3. The predicted molar refractivity (Wildman–Crippen MR) is 110 cm³/mol. The summed E-state index contributed by atoms with van der Waals surface area (Å²) < 4.78 is 11.5. The van der Waals surface area contributed by atoms with Crippen LogP contribution < -0.4 is 14.8 Å². The Labute approximate surface area is 162 Å². The molecule has 2 rings (SSSR count). The second-order valence-electron chi connectivity index (χ2n) is 7.23. The van der Waals surface area contributed by atoms with Gasteiger partial charge in [-0.15, -0.1) is 0 Å². The predicted octanol–water partition coefficient (Wildman–Crippen LogP) is 4.61. The Bertz CT molecular complexity index is 738. The van der Waals surface area contributed by atoms with Crippen LogP contribution in [0.5, 0.6) is 11.5 Å². The van der Waals surface area contributed by atoms with E-state index in [0.29, 0.717) is 6.54 Å². The second-order valence-corrected chi connectivity index (χ2v) is 7.23. The zero-order valence-corrected chi connectivity index (χ0v) is 17.0. The molecule has 0 aliphatic carbocycles. The topological polar surface area (TPSA) is 47.6 Å². The molecule has 1 N–H and O–H groups in total. The van der Waals surface area contributed by atoms with Gasteiger partial charge >= 0.3 is 0 Å². The molecule has 27 heavy (non-hydrogen) atoms. The van der Waals surface area contributed by atoms with E-state index in [1.54, 1.807) is 6.92 Å². The average Bonchev–Trinajstić information content (AvgIpc) is 2.62. The minimum atomic E-state index is -0.516. The van der Waals surface area contributed by atoms with E-state index in [0.717, 1.165) is 35.5 Å². The number of hydrogen-bond acceptors (Lipinski definition) is 3. The van der Waals surface area contributed by atoms with Gasteiger partial charge in [-0.05, 0) is 82.3 Å². The number of nitrogens with one attached hydrogen (secondary N) is 1. The number of hydrogen-bond donors (Lipinski definition) is 1. The summed E-state index contributed by atoms with van der Waals surface area (Å²) in [6, 6.07) is 14.1. The van der Waals surface area contributed by atoms with Crippen LogP contribution in [0.15, 0.2) is 42.5 Å². The lowest BCUT2D eigenvalue weighted by Crippen LogP contribution is -2.37. The van der Waals surface area contributed by atoms with Crippen LogP contribution in [0.4, 0.5) is 0 Å². The molecule has 0 spiro atoms. The number of ether oxygens (including phenoxy) is 2. The lowest BCUT2D eigenvalue weighted by atomic mass is 10.1. The molecule has 2 aromatic carbocycles. The Morgan fingerprint density at radius 2 is 1.70 bits per heavy atom. The van der Waals surface area contributed by atoms with Crippen LogP contribution in [-0.2, 0) is 11.2 Å². The van der Waals surface area contributed by atoms with Gasteiger partial charge in [0, 0.05) is 6.54 Å². The number of amides is 1. The largest absolute Gasteiger partial charge is 0.491 e. The first kappa shape index (κ1) is 20.8. The first-order valence-electron chi connectivity index (χ1n) is 9.62. The fraction of sp³-hybridized carbons (Fsp3) is 0.435. The lowest BCUT2D eigenvalue weighted by molar-refractivity contribution is -0.127. The third kappa shape index (κ3) is 6.97. The third-order valence-electron chi connectivity index (χ3n) is 4.25. The number of carbonyl (C=O) groups excluding carboxylic acids is 1. The molecule has 2 aromatic rings. The lowest BCUT2D eigenvalue weighted by Gasteiger charge is -2.16. The highest BCUT2D eigenvalue weighted by Gasteiger charge is 2.15. The van der Waals surface area contributed by atoms with Gasteiger partial charge in [0.15, 0.2) is 6.10 Å². The van der Waals surface area contributed by atoms with Crippen LogP contribution in [0.25, 0.3) is 0 Å². The molecule has 4 heteroatoms. The molecule has 0 bridgehead atoms. The number of carbonyl (C=O) groups is 1. The van der Waals surface area contributed by atoms with Crippen LogP contribution >= 0.6 is 0 Å². The summed E-state index contributed by atoms with van der Waals surface area (Å²) in [5, 5.41) is 2.96. The first-order chi connectivity index (χ1) is 12.8. The molecule has 1 amide bonds. The van der Waals surface area contributed by atoms with Gasteiger partial charge in [-0.2, -0.15) is 0 Å². The highest BCUT2D eigenvalue weighted by molar-refractivity contribution is 5.80. The van der Waals surface area contributed by atoms with Crippen molar-refractivity contribution in [2.45, 2.75) is 59.7 Å². The maximum absolute atomic E-state index is 12.2. The fourth-order valence-electron chi connectivity index (χ4n) is 2.73. The minimum Gasteiger partial charge on any atom is -0.491 e. The van der Waals surface area contributed by atoms with Gasteiger partial charge in [0.25, 0.3) is 5.91 Å². The summed E-state index contributed by atoms with van der Waals surface area (Å²) in [7, 11) is 0. The van der Waals surface area contributed by atoms with E-state index in [-0.39, 0.29) is 12.0 Å². The molecule has 0 radical (unpaired) electrons. The summed E-state index contributed by atoms with van der Waals surface area (Å²) in [4.78, 5) is 12.2. The molecule has 0 saturated carbocycles. The van der Waals surface area contributed by atoms with Crippen molar-refractivity contribution in [1.82, 2.24) is 5.32 Å². The minimum absolute atomic E-state index is 0.0865. The zero-order valence-electron chi connectivity index (χ0n) is 17.0. The van der Waals surface area contributed by atoms with E-state index >= 15 is 0 Å². The Morgan fingerprint density at radius 1 is 1.00 bits per heavy atom. The molecule has 0 fully saturated rings. The molecular weight excluding hydrogens is 338 g/mol. The van der Waals surface area contributed by atoms with Gasteiger partial charge < -0.3 is 14.8 Å².